The number of halogens is 1. The van der Waals surface area contributed by atoms with Crippen LogP contribution in [0.1, 0.15) is 51.8 Å². The van der Waals surface area contributed by atoms with Gasteiger partial charge < -0.3 is 25.2 Å². The molecule has 0 aliphatic heterocycles. The van der Waals surface area contributed by atoms with E-state index in [4.69, 9.17) is 20.6 Å². The van der Waals surface area contributed by atoms with Crippen LogP contribution >= 0.6 is 15.9 Å². The average molecular weight is 488 g/mol. The summed E-state index contributed by atoms with van der Waals surface area (Å²) in [6.07, 6.45) is 2.14. The number of hydrogen-bond donors (Lipinski definition) is 2. The van der Waals surface area contributed by atoms with E-state index in [0.717, 1.165) is 34.3 Å². The van der Waals surface area contributed by atoms with Gasteiger partial charge in [-0.15, -0.1) is 10.2 Å². The summed E-state index contributed by atoms with van der Waals surface area (Å²) in [5.74, 6) is 1.79. The van der Waals surface area contributed by atoms with Gasteiger partial charge in [-0.3, -0.25) is 4.79 Å². The van der Waals surface area contributed by atoms with E-state index in [1.165, 1.54) is 0 Å². The Morgan fingerprint density at radius 1 is 1.26 bits per heavy atom. The van der Waals surface area contributed by atoms with Crippen LogP contribution in [0.2, 0.25) is 0 Å². The maximum atomic E-state index is 13.7. The molecule has 9 heteroatoms. The number of aromatic nitrogens is 3. The molecule has 2 heterocycles. The van der Waals surface area contributed by atoms with Gasteiger partial charge in [0.2, 0.25) is 5.89 Å². The van der Waals surface area contributed by atoms with Crippen molar-refractivity contribution in [2.24, 2.45) is 11.5 Å². The number of nitrogens with zero attached hydrogens (tertiary/aromatic N) is 3. The number of nitrogens with two attached hydrogens (primary N) is 2. The van der Waals surface area contributed by atoms with Crippen molar-refractivity contribution in [3.8, 4) is 17.3 Å². The van der Waals surface area contributed by atoms with Crippen molar-refractivity contribution in [2.45, 2.75) is 39.2 Å². The first-order valence-corrected chi connectivity index (χ1v) is 11.2. The molecule has 164 valence electrons. The summed E-state index contributed by atoms with van der Waals surface area (Å²) in [5.41, 5.74) is 14.8. The zero-order valence-corrected chi connectivity index (χ0v) is 19.2. The van der Waals surface area contributed by atoms with E-state index in [1.54, 1.807) is 12.1 Å². The van der Waals surface area contributed by atoms with E-state index in [0.29, 0.717) is 60.8 Å². The fourth-order valence-corrected chi connectivity index (χ4v) is 4.21. The molecular weight excluding hydrogens is 462 g/mol. The molecule has 0 spiro atoms. The molecule has 0 unspecified atom stereocenters. The molecule has 1 aliphatic carbocycles. The van der Waals surface area contributed by atoms with Gasteiger partial charge in [-0.25, -0.2) is 0 Å². The highest BCUT2D eigenvalue weighted by Crippen LogP contribution is 2.41. The smallest absolute Gasteiger partial charge is 0.264 e. The first-order chi connectivity index (χ1) is 15.0. The van der Waals surface area contributed by atoms with E-state index in [9.17, 15) is 4.79 Å². The summed E-state index contributed by atoms with van der Waals surface area (Å²) < 4.78 is 14.5. The first kappa shape index (κ1) is 21.7. The number of carbonyl (C=O) groups is 1. The van der Waals surface area contributed by atoms with E-state index in [-0.39, 0.29) is 5.78 Å². The van der Waals surface area contributed by atoms with Crippen LogP contribution in [0, 0.1) is 13.8 Å². The van der Waals surface area contributed by atoms with Gasteiger partial charge in [-0.1, -0.05) is 15.9 Å². The number of ketones is 1. The predicted octanol–water partition coefficient (Wildman–Crippen LogP) is 3.32. The Morgan fingerprint density at radius 3 is 2.71 bits per heavy atom. The van der Waals surface area contributed by atoms with Crippen LogP contribution in [-0.4, -0.2) is 40.2 Å². The zero-order valence-electron chi connectivity index (χ0n) is 17.7. The number of hydrogen-bond acceptors (Lipinski definition) is 7. The topological polar surface area (TPSA) is 122 Å². The summed E-state index contributed by atoms with van der Waals surface area (Å²) in [4.78, 5) is 13.7. The average Bonchev–Trinajstić information content (AvgIpc) is 3.44. The quantitative estimate of drug-likeness (QED) is 0.443. The molecule has 4 N–H and O–H groups in total. The van der Waals surface area contributed by atoms with Crippen molar-refractivity contribution >= 4 is 21.7 Å². The highest BCUT2D eigenvalue weighted by Gasteiger charge is 2.32. The Hall–Kier alpha value is -2.49. The Balaban J connectivity index is 1.82. The second-order valence-corrected chi connectivity index (χ2v) is 8.62. The third-order valence-corrected chi connectivity index (χ3v) is 5.97. The molecule has 31 heavy (non-hydrogen) atoms. The van der Waals surface area contributed by atoms with Gasteiger partial charge in [-0.2, -0.15) is 0 Å². The van der Waals surface area contributed by atoms with Crippen LogP contribution in [0.5, 0.6) is 5.75 Å². The summed E-state index contributed by atoms with van der Waals surface area (Å²) in [5, 5.41) is 8.49. The van der Waals surface area contributed by atoms with Crippen LogP contribution in [0.25, 0.3) is 11.6 Å². The largest absolute Gasteiger partial charge is 0.492 e. The summed E-state index contributed by atoms with van der Waals surface area (Å²) in [7, 11) is 0. The van der Waals surface area contributed by atoms with Gasteiger partial charge in [0.15, 0.2) is 5.78 Å². The number of ether oxygens (including phenoxy) is 1. The molecule has 1 fully saturated rings. The highest BCUT2D eigenvalue weighted by molar-refractivity contribution is 9.10. The first-order valence-electron chi connectivity index (χ1n) is 10.4. The number of carbonyl (C=O) groups excluding carboxylic acids is 1. The monoisotopic (exact) mass is 487 g/mol. The molecular formula is C22H26BrN5O3. The van der Waals surface area contributed by atoms with E-state index >= 15 is 0 Å². The molecule has 1 saturated carbocycles. The molecule has 0 amide bonds. The second kappa shape index (κ2) is 8.94. The molecule has 0 saturated heterocycles. The Labute approximate surface area is 189 Å². The molecule has 1 aromatic carbocycles. The van der Waals surface area contributed by atoms with Gasteiger partial charge >= 0.3 is 0 Å². The summed E-state index contributed by atoms with van der Waals surface area (Å²) in [6.45, 7) is 5.45. The van der Waals surface area contributed by atoms with Crippen molar-refractivity contribution in [1.29, 1.82) is 0 Å². The highest BCUT2D eigenvalue weighted by atomic mass is 79.9. The van der Waals surface area contributed by atoms with Crippen molar-refractivity contribution in [3.05, 3.63) is 50.9 Å². The second-order valence-electron chi connectivity index (χ2n) is 7.70. The summed E-state index contributed by atoms with van der Waals surface area (Å²) >= 11 is 3.46. The van der Waals surface area contributed by atoms with E-state index < -0.39 is 0 Å². The third-order valence-electron chi connectivity index (χ3n) is 5.48. The number of benzene rings is 1. The molecule has 8 nitrogen and oxygen atoms in total. The standard InChI is InChI=1S/C22H26BrN5O3/c1-12-18(20(29)16-11-15(23)5-6-17(16)30-10-8-25)13(2)28(9-7-24)19(12)22-27-26-21(31-22)14-3-4-14/h5-6,11,14H,3-4,7-10,24-25H2,1-2H3. The van der Waals surface area contributed by atoms with E-state index in [1.807, 2.05) is 24.5 Å². The fourth-order valence-electron chi connectivity index (χ4n) is 3.85. The predicted molar refractivity (Wildman–Crippen MR) is 120 cm³/mol. The van der Waals surface area contributed by atoms with Gasteiger partial charge in [0.1, 0.15) is 18.1 Å². The van der Waals surface area contributed by atoms with Crippen LogP contribution in [-0.2, 0) is 6.54 Å². The van der Waals surface area contributed by atoms with Crippen LogP contribution in [0.3, 0.4) is 0 Å². The Kier molecular flexibility index (Phi) is 6.27. The lowest BCUT2D eigenvalue weighted by molar-refractivity contribution is 0.103. The SMILES string of the molecule is Cc1c(C(=O)c2cc(Br)ccc2OCCN)c(C)n(CCN)c1-c1nnc(C2CC2)o1. The Bertz CT molecular complexity index is 1120. The Morgan fingerprint density at radius 2 is 2.03 bits per heavy atom. The molecule has 4 rings (SSSR count). The van der Waals surface area contributed by atoms with E-state index in [2.05, 4.69) is 26.1 Å². The lowest BCUT2D eigenvalue weighted by atomic mass is 9.99. The van der Waals surface area contributed by atoms with Gasteiger partial charge in [0.05, 0.1) is 5.56 Å². The van der Waals surface area contributed by atoms with Crippen molar-refractivity contribution in [1.82, 2.24) is 14.8 Å². The van der Waals surface area contributed by atoms with Crippen LogP contribution in [0.15, 0.2) is 27.1 Å². The zero-order chi connectivity index (χ0) is 22.1. The molecule has 0 bridgehead atoms. The minimum absolute atomic E-state index is 0.137. The number of rotatable bonds is 9. The minimum atomic E-state index is -0.137. The molecule has 2 aromatic heterocycles. The van der Waals surface area contributed by atoms with Gasteiger partial charge in [0.25, 0.3) is 5.89 Å². The molecule has 0 atom stereocenters. The van der Waals surface area contributed by atoms with Crippen molar-refractivity contribution in [3.63, 3.8) is 0 Å². The molecule has 3 aromatic rings. The molecule has 1 aliphatic rings. The van der Waals surface area contributed by atoms with Crippen molar-refractivity contribution in [2.75, 3.05) is 19.7 Å². The lowest BCUT2D eigenvalue weighted by Crippen LogP contribution is -2.14. The normalized spacial score (nSPS) is 13.6. The summed E-state index contributed by atoms with van der Waals surface area (Å²) in [6, 6.07) is 5.38. The van der Waals surface area contributed by atoms with Gasteiger partial charge in [-0.05, 0) is 50.5 Å². The maximum absolute atomic E-state index is 13.7. The minimum Gasteiger partial charge on any atom is -0.492 e. The van der Waals surface area contributed by atoms with Crippen LogP contribution in [0.4, 0.5) is 0 Å². The fraction of sp³-hybridized carbons (Fsp3) is 0.409. The lowest BCUT2D eigenvalue weighted by Gasteiger charge is -2.12. The maximum Gasteiger partial charge on any atom is 0.264 e. The van der Waals surface area contributed by atoms with Crippen LogP contribution < -0.4 is 16.2 Å². The third kappa shape index (κ3) is 4.17. The molecule has 0 radical (unpaired) electrons. The van der Waals surface area contributed by atoms with Crippen molar-refractivity contribution < 1.29 is 13.9 Å². The van der Waals surface area contributed by atoms with Gasteiger partial charge in [0, 0.05) is 41.3 Å².